The number of rotatable bonds is 18. The second-order valence-electron chi connectivity index (χ2n) is 10.7. The lowest BCUT2D eigenvalue weighted by molar-refractivity contribution is -0.141. The monoisotopic (exact) mass is 484 g/mol. The molecule has 0 aromatic rings. The average molecular weight is 485 g/mol. The molecule has 1 rings (SSSR count). The molecule has 0 aromatic carbocycles. The summed E-state index contributed by atoms with van der Waals surface area (Å²) in [5.74, 6) is -2.05. The minimum Gasteiger partial charge on any atom is -0.481 e. The van der Waals surface area contributed by atoms with E-state index in [0.717, 1.165) is 32.6 Å². The van der Waals surface area contributed by atoms with Crippen LogP contribution in [0.25, 0.3) is 0 Å². The highest BCUT2D eigenvalue weighted by Gasteiger charge is 2.21. The third-order valence-corrected chi connectivity index (χ3v) is 6.93. The van der Waals surface area contributed by atoms with Crippen molar-refractivity contribution in [3.8, 4) is 0 Å². The Labute approximate surface area is 205 Å². The number of nitrogens with zero attached hydrogens (tertiary/aromatic N) is 2. The van der Waals surface area contributed by atoms with Gasteiger partial charge in [-0.05, 0) is 63.1 Å². The molecule has 3 N–H and O–H groups in total. The zero-order valence-electron chi connectivity index (χ0n) is 21.6. The van der Waals surface area contributed by atoms with Gasteiger partial charge in [-0.2, -0.15) is 0 Å². The van der Waals surface area contributed by atoms with Gasteiger partial charge in [0.25, 0.3) is 0 Å². The molecular formula is C26H48N2O6. The highest BCUT2D eigenvalue weighted by Crippen LogP contribution is 2.24. The number of hydrogen-bond acceptors (Lipinski definition) is 5. The highest BCUT2D eigenvalue weighted by atomic mass is 16.4. The van der Waals surface area contributed by atoms with Crippen LogP contribution in [0, 0.1) is 23.7 Å². The van der Waals surface area contributed by atoms with Crippen molar-refractivity contribution in [3.63, 3.8) is 0 Å². The lowest BCUT2D eigenvalue weighted by Gasteiger charge is -2.31. The van der Waals surface area contributed by atoms with Gasteiger partial charge in [-0.3, -0.25) is 14.4 Å². The standard InChI is InChI=1S/C26H48N2O6/c1-20(15-24(29)30)17-27(14-11-22(3)26(33)34)12-8-13-28(18-21(2)16-25(31)32)19-23-9-6-4-5-7-10-23/h20-23H,4-19H2,1-3H3,(H,29,30)(H,31,32)(H,33,34). The Morgan fingerprint density at radius 3 is 1.76 bits per heavy atom. The second kappa shape index (κ2) is 16.9. The first kappa shape index (κ1) is 30.4. The largest absolute Gasteiger partial charge is 0.481 e. The summed E-state index contributed by atoms with van der Waals surface area (Å²) in [5.41, 5.74) is 0. The van der Waals surface area contributed by atoms with E-state index in [2.05, 4.69) is 9.80 Å². The summed E-state index contributed by atoms with van der Waals surface area (Å²) in [4.78, 5) is 38.1. The van der Waals surface area contributed by atoms with Crippen LogP contribution in [0.1, 0.15) is 85.0 Å². The molecule has 0 amide bonds. The van der Waals surface area contributed by atoms with E-state index in [1.807, 2.05) is 13.8 Å². The van der Waals surface area contributed by atoms with Crippen molar-refractivity contribution in [2.24, 2.45) is 23.7 Å². The van der Waals surface area contributed by atoms with Crippen LogP contribution in [0.15, 0.2) is 0 Å². The van der Waals surface area contributed by atoms with Gasteiger partial charge >= 0.3 is 17.9 Å². The first-order valence-electron chi connectivity index (χ1n) is 13.2. The maximum absolute atomic E-state index is 11.2. The lowest BCUT2D eigenvalue weighted by atomic mass is 9.98. The molecular weight excluding hydrogens is 436 g/mol. The summed E-state index contributed by atoms with van der Waals surface area (Å²) in [7, 11) is 0. The average Bonchev–Trinajstić information content (AvgIpc) is 2.98. The maximum Gasteiger partial charge on any atom is 0.306 e. The normalized spacial score (nSPS) is 17.9. The van der Waals surface area contributed by atoms with E-state index < -0.39 is 23.8 Å². The molecule has 34 heavy (non-hydrogen) atoms. The van der Waals surface area contributed by atoms with Crippen LogP contribution >= 0.6 is 0 Å². The van der Waals surface area contributed by atoms with Gasteiger partial charge in [-0.25, -0.2) is 0 Å². The van der Waals surface area contributed by atoms with Gasteiger partial charge in [-0.15, -0.1) is 0 Å². The number of carboxylic acids is 3. The van der Waals surface area contributed by atoms with E-state index >= 15 is 0 Å². The molecule has 0 aliphatic heterocycles. The molecule has 0 aromatic heterocycles. The van der Waals surface area contributed by atoms with E-state index in [1.165, 1.54) is 38.5 Å². The summed E-state index contributed by atoms with van der Waals surface area (Å²) < 4.78 is 0. The highest BCUT2D eigenvalue weighted by molar-refractivity contribution is 5.69. The van der Waals surface area contributed by atoms with E-state index in [4.69, 9.17) is 5.11 Å². The molecule has 0 radical (unpaired) electrons. The van der Waals surface area contributed by atoms with Crippen molar-refractivity contribution in [2.75, 3.05) is 39.3 Å². The molecule has 198 valence electrons. The fourth-order valence-corrected chi connectivity index (χ4v) is 5.09. The van der Waals surface area contributed by atoms with Crippen molar-refractivity contribution in [1.82, 2.24) is 9.80 Å². The third-order valence-electron chi connectivity index (χ3n) is 6.93. The molecule has 1 saturated carbocycles. The number of aliphatic carboxylic acids is 3. The molecule has 1 fully saturated rings. The molecule has 8 nitrogen and oxygen atoms in total. The molecule has 0 heterocycles. The number of carbonyl (C=O) groups is 3. The molecule has 1 aliphatic carbocycles. The number of carboxylic acid groups (broad SMARTS) is 3. The SMILES string of the molecule is CC(CC(=O)O)CN(CCCN(CC(C)CC(=O)O)CC1CCCCCC1)CCC(C)C(=O)O. The third kappa shape index (κ3) is 14.6. The molecule has 0 bridgehead atoms. The van der Waals surface area contributed by atoms with Gasteiger partial charge < -0.3 is 25.1 Å². The zero-order chi connectivity index (χ0) is 25.5. The predicted molar refractivity (Wildman–Crippen MR) is 133 cm³/mol. The van der Waals surface area contributed by atoms with Gasteiger partial charge in [0.15, 0.2) is 0 Å². The summed E-state index contributed by atoms with van der Waals surface area (Å²) in [6.07, 6.45) is 9.38. The first-order valence-corrected chi connectivity index (χ1v) is 13.2. The summed E-state index contributed by atoms with van der Waals surface area (Å²) in [6, 6.07) is 0. The van der Waals surface area contributed by atoms with Gasteiger partial charge in [0.05, 0.1) is 5.92 Å². The van der Waals surface area contributed by atoms with Gasteiger partial charge in [0.2, 0.25) is 0 Å². The fraction of sp³-hybridized carbons (Fsp3) is 0.885. The van der Waals surface area contributed by atoms with Crippen LogP contribution in [0.2, 0.25) is 0 Å². The van der Waals surface area contributed by atoms with Crippen molar-refractivity contribution in [1.29, 1.82) is 0 Å². The van der Waals surface area contributed by atoms with Crippen LogP contribution in [-0.4, -0.2) is 82.3 Å². The summed E-state index contributed by atoms with van der Waals surface area (Å²) in [5, 5.41) is 27.5. The van der Waals surface area contributed by atoms with Crippen molar-refractivity contribution in [2.45, 2.75) is 85.0 Å². The summed E-state index contributed by atoms with van der Waals surface area (Å²) >= 11 is 0. The van der Waals surface area contributed by atoms with Crippen LogP contribution in [0.3, 0.4) is 0 Å². The molecule has 3 atom stereocenters. The van der Waals surface area contributed by atoms with Crippen molar-refractivity contribution < 1.29 is 29.7 Å². The van der Waals surface area contributed by atoms with Crippen LogP contribution < -0.4 is 0 Å². The molecule has 0 spiro atoms. The predicted octanol–water partition coefficient (Wildman–Crippen LogP) is 4.28. The van der Waals surface area contributed by atoms with Gasteiger partial charge in [0, 0.05) is 32.5 Å². The first-order chi connectivity index (χ1) is 16.1. The second-order valence-corrected chi connectivity index (χ2v) is 10.7. The Bertz CT molecular complexity index is 606. The molecule has 0 saturated heterocycles. The van der Waals surface area contributed by atoms with Crippen LogP contribution in [0.5, 0.6) is 0 Å². The Balaban J connectivity index is 2.70. The molecule has 1 aliphatic rings. The van der Waals surface area contributed by atoms with Crippen molar-refractivity contribution >= 4 is 17.9 Å². The maximum atomic E-state index is 11.2. The van der Waals surface area contributed by atoms with E-state index in [9.17, 15) is 24.6 Å². The Kier molecular flexibility index (Phi) is 15.1. The van der Waals surface area contributed by atoms with Crippen LogP contribution in [0.4, 0.5) is 0 Å². The Morgan fingerprint density at radius 1 is 0.765 bits per heavy atom. The minimum absolute atomic E-state index is 0.00434. The Morgan fingerprint density at radius 2 is 1.26 bits per heavy atom. The van der Waals surface area contributed by atoms with Gasteiger partial charge in [0.1, 0.15) is 0 Å². The minimum atomic E-state index is -0.812. The van der Waals surface area contributed by atoms with Crippen molar-refractivity contribution in [3.05, 3.63) is 0 Å². The van der Waals surface area contributed by atoms with Crippen LogP contribution in [-0.2, 0) is 14.4 Å². The van der Waals surface area contributed by atoms with E-state index in [0.29, 0.717) is 25.4 Å². The van der Waals surface area contributed by atoms with E-state index in [-0.39, 0.29) is 24.7 Å². The fourth-order valence-electron chi connectivity index (χ4n) is 5.09. The molecule has 3 unspecified atom stereocenters. The topological polar surface area (TPSA) is 118 Å². The Hall–Kier alpha value is -1.67. The van der Waals surface area contributed by atoms with Gasteiger partial charge in [-0.1, -0.05) is 46.5 Å². The van der Waals surface area contributed by atoms with E-state index in [1.54, 1.807) is 6.92 Å². The summed E-state index contributed by atoms with van der Waals surface area (Å²) in [6.45, 7) is 10.3. The lowest BCUT2D eigenvalue weighted by Crippen LogP contribution is -2.38. The molecule has 8 heteroatoms. The zero-order valence-corrected chi connectivity index (χ0v) is 21.6. The number of hydrogen-bond donors (Lipinski definition) is 3. The quantitative estimate of drug-likeness (QED) is 0.247. The smallest absolute Gasteiger partial charge is 0.306 e.